The second-order valence-corrected chi connectivity index (χ2v) is 8.04. The van der Waals surface area contributed by atoms with Crippen molar-refractivity contribution in [2.75, 3.05) is 26.8 Å². The first kappa shape index (κ1) is 25.1. The van der Waals surface area contributed by atoms with Crippen molar-refractivity contribution in [3.05, 3.63) is 65.2 Å². The Hall–Kier alpha value is -3.49. The van der Waals surface area contributed by atoms with Crippen molar-refractivity contribution < 1.29 is 32.6 Å². The van der Waals surface area contributed by atoms with E-state index in [-0.39, 0.29) is 43.5 Å². The highest BCUT2D eigenvalue weighted by molar-refractivity contribution is 5.94. The lowest BCUT2D eigenvalue weighted by atomic mass is 9.94. The molecule has 3 rings (SSSR count). The van der Waals surface area contributed by atoms with Gasteiger partial charge in [-0.15, -0.1) is 0 Å². The van der Waals surface area contributed by atoms with Gasteiger partial charge < -0.3 is 19.7 Å². The monoisotopic (exact) mass is 474 g/mol. The lowest BCUT2D eigenvalue weighted by molar-refractivity contribution is -0.144. The van der Waals surface area contributed by atoms with Crippen LogP contribution in [0.15, 0.2) is 42.5 Å². The third kappa shape index (κ3) is 6.30. The fraction of sp³-hybridized carbons (Fsp3) is 0.400. The smallest absolute Gasteiger partial charge is 0.308 e. The Balaban J connectivity index is 1.64. The van der Waals surface area contributed by atoms with E-state index in [1.54, 1.807) is 31.2 Å². The number of halogens is 2. The Morgan fingerprint density at radius 2 is 1.85 bits per heavy atom. The number of carbonyl (C=O) groups is 3. The van der Waals surface area contributed by atoms with Crippen LogP contribution < -0.4 is 10.1 Å². The first-order valence-corrected chi connectivity index (χ1v) is 11.2. The van der Waals surface area contributed by atoms with Gasteiger partial charge in [0.2, 0.25) is 5.91 Å². The predicted octanol–water partition coefficient (Wildman–Crippen LogP) is 3.64. The molecule has 0 radical (unpaired) electrons. The number of carbonyl (C=O) groups excluding carboxylic acids is 3. The van der Waals surface area contributed by atoms with Crippen LogP contribution in [0.25, 0.3) is 0 Å². The Morgan fingerprint density at radius 3 is 2.50 bits per heavy atom. The zero-order valence-corrected chi connectivity index (χ0v) is 19.2. The second-order valence-electron chi connectivity index (χ2n) is 8.04. The third-order valence-corrected chi connectivity index (χ3v) is 5.80. The van der Waals surface area contributed by atoms with Gasteiger partial charge in [0.1, 0.15) is 17.4 Å². The van der Waals surface area contributed by atoms with Gasteiger partial charge in [-0.05, 0) is 49.6 Å². The van der Waals surface area contributed by atoms with Crippen molar-refractivity contribution in [3.63, 3.8) is 0 Å². The number of hydrogen-bond donors (Lipinski definition) is 1. The molecule has 1 saturated heterocycles. The van der Waals surface area contributed by atoms with Crippen LogP contribution in [-0.4, -0.2) is 49.5 Å². The number of nitrogens with one attached hydrogen (secondary N) is 1. The van der Waals surface area contributed by atoms with E-state index in [1.807, 2.05) is 0 Å². The summed E-state index contributed by atoms with van der Waals surface area (Å²) in [6, 6.07) is 9.33. The van der Waals surface area contributed by atoms with Crippen molar-refractivity contribution in [2.24, 2.45) is 5.92 Å². The summed E-state index contributed by atoms with van der Waals surface area (Å²) in [6.45, 7) is 2.47. The number of amides is 2. The topological polar surface area (TPSA) is 84.9 Å². The van der Waals surface area contributed by atoms with E-state index in [1.165, 1.54) is 12.0 Å². The summed E-state index contributed by atoms with van der Waals surface area (Å²) in [5.41, 5.74) is 0.511. The number of benzene rings is 2. The van der Waals surface area contributed by atoms with E-state index in [2.05, 4.69) is 5.32 Å². The molecule has 2 aromatic rings. The maximum absolute atomic E-state index is 14.0. The molecule has 1 aliphatic rings. The molecule has 1 unspecified atom stereocenters. The third-order valence-electron chi connectivity index (χ3n) is 5.80. The summed E-state index contributed by atoms with van der Waals surface area (Å²) in [5.74, 6) is -2.65. The van der Waals surface area contributed by atoms with E-state index in [4.69, 9.17) is 9.47 Å². The molecular formula is C25H28F2N2O5. The van der Waals surface area contributed by atoms with E-state index >= 15 is 0 Å². The quantitative estimate of drug-likeness (QED) is 0.591. The lowest BCUT2D eigenvalue weighted by Gasteiger charge is -2.32. The van der Waals surface area contributed by atoms with Gasteiger partial charge in [-0.2, -0.15) is 0 Å². The Morgan fingerprint density at radius 1 is 1.12 bits per heavy atom. The van der Waals surface area contributed by atoms with Gasteiger partial charge in [-0.1, -0.05) is 12.1 Å². The Bertz CT molecular complexity index is 1040. The van der Waals surface area contributed by atoms with Gasteiger partial charge in [-0.3, -0.25) is 14.4 Å². The molecule has 0 bridgehead atoms. The second kappa shape index (κ2) is 11.6. The summed E-state index contributed by atoms with van der Waals surface area (Å²) >= 11 is 0. The highest BCUT2D eigenvalue weighted by Gasteiger charge is 2.30. The van der Waals surface area contributed by atoms with Crippen molar-refractivity contribution in [1.29, 1.82) is 0 Å². The van der Waals surface area contributed by atoms with Crippen molar-refractivity contribution in [1.82, 2.24) is 10.2 Å². The van der Waals surface area contributed by atoms with Gasteiger partial charge in [-0.25, -0.2) is 8.78 Å². The molecule has 1 heterocycles. The number of esters is 1. The van der Waals surface area contributed by atoms with Crippen LogP contribution in [-0.2, 0) is 14.3 Å². The molecule has 0 aliphatic carbocycles. The lowest BCUT2D eigenvalue weighted by Crippen LogP contribution is -2.44. The molecule has 182 valence electrons. The van der Waals surface area contributed by atoms with Crippen LogP contribution in [0.1, 0.15) is 48.1 Å². The number of rotatable bonds is 8. The summed E-state index contributed by atoms with van der Waals surface area (Å²) in [7, 11) is 1.53. The van der Waals surface area contributed by atoms with E-state index < -0.39 is 29.6 Å². The minimum atomic E-state index is -0.912. The van der Waals surface area contributed by atoms with Gasteiger partial charge in [0.15, 0.2) is 0 Å². The maximum Gasteiger partial charge on any atom is 0.308 e. The van der Waals surface area contributed by atoms with Gasteiger partial charge in [0.05, 0.1) is 31.7 Å². The fourth-order valence-corrected chi connectivity index (χ4v) is 3.96. The molecule has 0 saturated carbocycles. The molecule has 1 N–H and O–H groups in total. The maximum atomic E-state index is 14.0. The first-order chi connectivity index (χ1) is 16.3. The number of methoxy groups -OCH3 is 1. The van der Waals surface area contributed by atoms with E-state index in [0.29, 0.717) is 30.2 Å². The Labute approximate surface area is 197 Å². The van der Waals surface area contributed by atoms with Crippen molar-refractivity contribution in [2.45, 2.75) is 32.2 Å². The highest BCUT2D eigenvalue weighted by atomic mass is 19.1. The highest BCUT2D eigenvalue weighted by Crippen LogP contribution is 2.25. The SMILES string of the molecule is CCOC(=O)CC(NC(=O)C1CCN(C(=O)c2ccc(F)cc2F)CC1)c1cccc(OC)c1. The number of piperidine rings is 1. The zero-order chi connectivity index (χ0) is 24.7. The molecule has 2 amide bonds. The number of hydrogen-bond acceptors (Lipinski definition) is 5. The summed E-state index contributed by atoms with van der Waals surface area (Å²) in [4.78, 5) is 39.2. The van der Waals surface area contributed by atoms with E-state index in [0.717, 1.165) is 12.1 Å². The van der Waals surface area contributed by atoms with Crippen LogP contribution in [0.5, 0.6) is 5.75 Å². The minimum absolute atomic E-state index is 0.0338. The number of ether oxygens (including phenoxy) is 2. The zero-order valence-electron chi connectivity index (χ0n) is 19.2. The van der Waals surface area contributed by atoms with Gasteiger partial charge in [0, 0.05) is 25.1 Å². The molecule has 7 nitrogen and oxygen atoms in total. The molecule has 1 atom stereocenters. The summed E-state index contributed by atoms with van der Waals surface area (Å²) in [6.07, 6.45) is 0.725. The Kier molecular flexibility index (Phi) is 8.56. The molecule has 1 aliphatic heterocycles. The number of likely N-dealkylation sites (tertiary alicyclic amines) is 1. The summed E-state index contributed by atoms with van der Waals surface area (Å²) in [5, 5.41) is 2.93. The molecular weight excluding hydrogens is 446 g/mol. The largest absolute Gasteiger partial charge is 0.497 e. The van der Waals surface area contributed by atoms with Crippen LogP contribution >= 0.6 is 0 Å². The van der Waals surface area contributed by atoms with Crippen LogP contribution in [0.2, 0.25) is 0 Å². The molecule has 0 spiro atoms. The fourth-order valence-electron chi connectivity index (χ4n) is 3.96. The van der Waals surface area contributed by atoms with Gasteiger partial charge >= 0.3 is 5.97 Å². The molecule has 2 aromatic carbocycles. The van der Waals surface area contributed by atoms with Crippen LogP contribution in [0.3, 0.4) is 0 Å². The van der Waals surface area contributed by atoms with Crippen molar-refractivity contribution >= 4 is 17.8 Å². The summed E-state index contributed by atoms with van der Waals surface area (Å²) < 4.78 is 37.4. The number of nitrogens with zero attached hydrogens (tertiary/aromatic N) is 1. The van der Waals surface area contributed by atoms with Crippen LogP contribution in [0.4, 0.5) is 8.78 Å². The molecule has 0 aromatic heterocycles. The van der Waals surface area contributed by atoms with Crippen molar-refractivity contribution in [3.8, 4) is 5.75 Å². The van der Waals surface area contributed by atoms with Crippen LogP contribution in [0, 0.1) is 17.6 Å². The molecule has 1 fully saturated rings. The predicted molar refractivity (Wildman–Crippen MR) is 120 cm³/mol. The van der Waals surface area contributed by atoms with E-state index in [9.17, 15) is 23.2 Å². The average molecular weight is 475 g/mol. The first-order valence-electron chi connectivity index (χ1n) is 11.2. The molecule has 9 heteroatoms. The minimum Gasteiger partial charge on any atom is -0.497 e. The standard InChI is InChI=1S/C25H28F2N2O5/c1-3-34-23(30)15-22(17-5-4-6-19(13-17)33-2)28-24(31)16-9-11-29(12-10-16)25(32)20-8-7-18(26)14-21(20)27/h4-8,13-14,16,22H,3,9-12,15H2,1-2H3,(H,28,31). The molecule has 34 heavy (non-hydrogen) atoms. The van der Waals surface area contributed by atoms with Gasteiger partial charge in [0.25, 0.3) is 5.91 Å². The average Bonchev–Trinajstić information content (AvgIpc) is 2.83. The normalized spacial score (nSPS) is 14.9.